The van der Waals surface area contributed by atoms with Gasteiger partial charge in [0.25, 0.3) is 0 Å². The Bertz CT molecular complexity index is 513. The first-order chi connectivity index (χ1) is 9.15. The lowest BCUT2D eigenvalue weighted by molar-refractivity contribution is 0.193. The van der Waals surface area contributed by atoms with Gasteiger partial charge in [0.1, 0.15) is 0 Å². The van der Waals surface area contributed by atoms with Crippen LogP contribution in [0.4, 0.5) is 0 Å². The lowest BCUT2D eigenvalue weighted by atomic mass is 10.0. The number of benzene rings is 1. The predicted molar refractivity (Wildman–Crippen MR) is 83.7 cm³/mol. The molecule has 0 aliphatic carbocycles. The van der Waals surface area contributed by atoms with Crippen molar-refractivity contribution in [3.63, 3.8) is 0 Å². The van der Waals surface area contributed by atoms with E-state index in [0.717, 1.165) is 10.6 Å². The Morgan fingerprint density at radius 2 is 2.00 bits per heavy atom. The van der Waals surface area contributed by atoms with Crippen LogP contribution in [0, 0.1) is 0 Å². The first-order valence-electron chi connectivity index (χ1n) is 6.35. The lowest BCUT2D eigenvalue weighted by Crippen LogP contribution is -2.32. The van der Waals surface area contributed by atoms with E-state index in [1.54, 1.807) is 11.3 Å². The van der Waals surface area contributed by atoms with Crippen molar-refractivity contribution in [3.05, 3.63) is 57.2 Å². The van der Waals surface area contributed by atoms with E-state index in [4.69, 9.17) is 17.3 Å². The van der Waals surface area contributed by atoms with Gasteiger partial charge in [-0.1, -0.05) is 35.9 Å². The van der Waals surface area contributed by atoms with Gasteiger partial charge in [0.15, 0.2) is 0 Å². The molecule has 0 saturated heterocycles. The average Bonchev–Trinajstić information content (AvgIpc) is 2.93. The van der Waals surface area contributed by atoms with Crippen molar-refractivity contribution in [2.45, 2.75) is 19.0 Å². The van der Waals surface area contributed by atoms with Crippen LogP contribution in [0.3, 0.4) is 0 Å². The van der Waals surface area contributed by atoms with Crippen LogP contribution in [-0.4, -0.2) is 18.5 Å². The van der Waals surface area contributed by atoms with Crippen LogP contribution in [-0.2, 0) is 0 Å². The molecule has 4 heteroatoms. The SMILES string of the molecule is CC(c1ccccc1Cl)N(C)C(CN)c1cccs1. The molecule has 2 unspecified atom stereocenters. The molecule has 0 amide bonds. The average molecular weight is 295 g/mol. The smallest absolute Gasteiger partial charge is 0.0566 e. The van der Waals surface area contributed by atoms with Gasteiger partial charge in [0.2, 0.25) is 0 Å². The zero-order chi connectivity index (χ0) is 13.8. The molecule has 2 aromatic rings. The molecule has 2 atom stereocenters. The van der Waals surface area contributed by atoms with Gasteiger partial charge in [0.05, 0.1) is 6.04 Å². The highest BCUT2D eigenvalue weighted by molar-refractivity contribution is 7.10. The number of rotatable bonds is 5. The standard InChI is InChI=1S/C15H19ClN2S/c1-11(12-6-3-4-7-13(12)16)18(2)14(10-17)15-8-5-9-19-15/h3-9,11,14H,10,17H2,1-2H3. The van der Waals surface area contributed by atoms with E-state index in [-0.39, 0.29) is 12.1 Å². The fraction of sp³-hybridized carbons (Fsp3) is 0.333. The maximum absolute atomic E-state index is 6.28. The fourth-order valence-corrected chi connectivity index (χ4v) is 3.45. The Kier molecular flexibility index (Phi) is 4.99. The molecule has 0 aliphatic rings. The number of hydrogen-bond donors (Lipinski definition) is 1. The summed E-state index contributed by atoms with van der Waals surface area (Å²) >= 11 is 8.03. The minimum Gasteiger partial charge on any atom is -0.329 e. The van der Waals surface area contributed by atoms with E-state index in [1.165, 1.54) is 4.88 Å². The lowest BCUT2D eigenvalue weighted by Gasteiger charge is -2.32. The normalized spacial score (nSPS) is 14.6. The Hall–Kier alpha value is -0.870. The summed E-state index contributed by atoms with van der Waals surface area (Å²) in [5, 5.41) is 2.90. The third-order valence-corrected chi connectivity index (χ3v) is 4.87. The molecule has 0 aliphatic heterocycles. The molecule has 1 aromatic carbocycles. The van der Waals surface area contributed by atoms with Crippen LogP contribution in [0.25, 0.3) is 0 Å². The van der Waals surface area contributed by atoms with Gasteiger partial charge in [-0.05, 0) is 37.0 Å². The van der Waals surface area contributed by atoms with Crippen molar-refractivity contribution in [3.8, 4) is 0 Å². The van der Waals surface area contributed by atoms with Crippen LogP contribution >= 0.6 is 22.9 Å². The third-order valence-electron chi connectivity index (χ3n) is 3.55. The summed E-state index contributed by atoms with van der Waals surface area (Å²) in [5.41, 5.74) is 7.09. The summed E-state index contributed by atoms with van der Waals surface area (Å²) in [4.78, 5) is 3.58. The summed E-state index contributed by atoms with van der Waals surface area (Å²) in [6.45, 7) is 2.77. The number of thiophene rings is 1. The number of nitrogens with zero attached hydrogens (tertiary/aromatic N) is 1. The minimum atomic E-state index is 0.226. The summed E-state index contributed by atoms with van der Waals surface area (Å²) in [6, 6.07) is 12.6. The molecule has 1 aromatic heterocycles. The second-order valence-corrected chi connectivity index (χ2v) is 6.02. The Morgan fingerprint density at radius 1 is 1.26 bits per heavy atom. The number of halogens is 1. The number of nitrogens with two attached hydrogens (primary N) is 1. The van der Waals surface area contributed by atoms with E-state index in [2.05, 4.69) is 42.5 Å². The molecule has 102 valence electrons. The second-order valence-electron chi connectivity index (χ2n) is 4.63. The second kappa shape index (κ2) is 6.53. The van der Waals surface area contributed by atoms with E-state index in [0.29, 0.717) is 6.54 Å². The van der Waals surface area contributed by atoms with Gasteiger partial charge < -0.3 is 5.73 Å². The quantitative estimate of drug-likeness (QED) is 0.900. The van der Waals surface area contributed by atoms with Gasteiger partial charge in [-0.3, -0.25) is 4.90 Å². The molecule has 19 heavy (non-hydrogen) atoms. The largest absolute Gasteiger partial charge is 0.329 e. The van der Waals surface area contributed by atoms with Gasteiger partial charge in [-0.15, -0.1) is 11.3 Å². The van der Waals surface area contributed by atoms with Crippen molar-refractivity contribution in [2.75, 3.05) is 13.6 Å². The minimum absolute atomic E-state index is 0.226. The van der Waals surface area contributed by atoms with E-state index >= 15 is 0 Å². The molecule has 0 bridgehead atoms. The molecule has 2 rings (SSSR count). The number of likely N-dealkylation sites (N-methyl/N-ethyl adjacent to an activating group) is 1. The summed E-state index contributed by atoms with van der Waals surface area (Å²) < 4.78 is 0. The molecule has 1 heterocycles. The van der Waals surface area contributed by atoms with Crippen LogP contribution < -0.4 is 5.73 Å². The first-order valence-corrected chi connectivity index (χ1v) is 7.60. The monoisotopic (exact) mass is 294 g/mol. The molecule has 0 fully saturated rings. The molecule has 0 saturated carbocycles. The Balaban J connectivity index is 2.23. The fourth-order valence-electron chi connectivity index (χ4n) is 2.27. The van der Waals surface area contributed by atoms with Crippen molar-refractivity contribution in [2.24, 2.45) is 5.73 Å². The summed E-state index contributed by atoms with van der Waals surface area (Å²) in [6.07, 6.45) is 0. The van der Waals surface area contributed by atoms with Gasteiger partial charge in [-0.2, -0.15) is 0 Å². The van der Waals surface area contributed by atoms with E-state index in [9.17, 15) is 0 Å². The maximum Gasteiger partial charge on any atom is 0.0566 e. The predicted octanol–water partition coefficient (Wildman–Crippen LogP) is 4.09. The molecular formula is C15H19ClN2S. The Morgan fingerprint density at radius 3 is 2.58 bits per heavy atom. The highest BCUT2D eigenvalue weighted by atomic mass is 35.5. The molecule has 0 spiro atoms. The van der Waals surface area contributed by atoms with Crippen LogP contribution in [0.5, 0.6) is 0 Å². The molecule has 0 radical (unpaired) electrons. The van der Waals surface area contributed by atoms with Gasteiger partial charge >= 0.3 is 0 Å². The van der Waals surface area contributed by atoms with E-state index < -0.39 is 0 Å². The van der Waals surface area contributed by atoms with Crippen LogP contribution in [0.2, 0.25) is 5.02 Å². The Labute approximate surface area is 123 Å². The third kappa shape index (κ3) is 3.18. The number of hydrogen-bond acceptors (Lipinski definition) is 3. The summed E-state index contributed by atoms with van der Waals surface area (Å²) in [5.74, 6) is 0. The summed E-state index contributed by atoms with van der Waals surface area (Å²) in [7, 11) is 2.10. The van der Waals surface area contributed by atoms with Gasteiger partial charge in [-0.25, -0.2) is 0 Å². The first kappa shape index (κ1) is 14.5. The zero-order valence-corrected chi connectivity index (χ0v) is 12.8. The van der Waals surface area contributed by atoms with Crippen molar-refractivity contribution < 1.29 is 0 Å². The van der Waals surface area contributed by atoms with Crippen LogP contribution in [0.1, 0.15) is 29.4 Å². The highest BCUT2D eigenvalue weighted by Gasteiger charge is 2.23. The molecule has 2 nitrogen and oxygen atoms in total. The van der Waals surface area contributed by atoms with Crippen LogP contribution in [0.15, 0.2) is 41.8 Å². The van der Waals surface area contributed by atoms with E-state index in [1.807, 2.05) is 18.2 Å². The highest BCUT2D eigenvalue weighted by Crippen LogP contribution is 2.33. The topological polar surface area (TPSA) is 29.3 Å². The van der Waals surface area contributed by atoms with Gasteiger partial charge in [0, 0.05) is 22.5 Å². The molecular weight excluding hydrogens is 276 g/mol. The maximum atomic E-state index is 6.28. The van der Waals surface area contributed by atoms with Crippen molar-refractivity contribution in [1.82, 2.24) is 4.90 Å². The zero-order valence-electron chi connectivity index (χ0n) is 11.2. The molecule has 2 N–H and O–H groups in total. The van der Waals surface area contributed by atoms with Crippen molar-refractivity contribution >= 4 is 22.9 Å². The van der Waals surface area contributed by atoms with Crippen molar-refractivity contribution in [1.29, 1.82) is 0 Å².